The SMILES string of the molecule is CCOC(=O)NC=C(C)C(=O)O.CCOC(=O)NC=C(C)C(=O)O.CCOC(=O)NC=C(C)C(=O)O.CCOC(=O)NC=C(C)C(=O)O.[SiH4]. The molecule has 0 heterocycles. The number of carboxylic acid groups (broad SMARTS) is 4. The Bertz CT molecular complexity index is 1030. The van der Waals surface area contributed by atoms with E-state index in [0.717, 1.165) is 24.8 Å². The fourth-order valence-electron chi connectivity index (χ4n) is 1.61. The molecule has 4 amide bonds. The molecule has 49 heavy (non-hydrogen) atoms. The zero-order valence-electron chi connectivity index (χ0n) is 27.8. The van der Waals surface area contributed by atoms with Gasteiger partial charge in [-0.15, -0.1) is 0 Å². The van der Waals surface area contributed by atoms with Crippen LogP contribution in [-0.4, -0.2) is 106 Å². The third-order valence-electron chi connectivity index (χ3n) is 4.08. The molecule has 0 rings (SSSR count). The summed E-state index contributed by atoms with van der Waals surface area (Å²) in [7, 11) is 0. The number of carboxylic acids is 4. The molecule has 0 aromatic carbocycles. The van der Waals surface area contributed by atoms with Crippen LogP contribution >= 0.6 is 0 Å². The summed E-state index contributed by atoms with van der Waals surface area (Å²) in [6.45, 7) is 13.1. The van der Waals surface area contributed by atoms with Gasteiger partial charge in [-0.2, -0.15) is 0 Å². The van der Waals surface area contributed by atoms with E-state index >= 15 is 0 Å². The molecular formula is C28H48N4O16Si. The van der Waals surface area contributed by atoms with Crippen LogP contribution in [0.1, 0.15) is 55.4 Å². The molecule has 0 aromatic rings. The fourth-order valence-corrected chi connectivity index (χ4v) is 1.61. The van der Waals surface area contributed by atoms with Gasteiger partial charge >= 0.3 is 48.3 Å². The minimum atomic E-state index is -1.08. The first-order valence-corrected chi connectivity index (χ1v) is 13.6. The van der Waals surface area contributed by atoms with Crippen molar-refractivity contribution in [1.82, 2.24) is 21.3 Å². The van der Waals surface area contributed by atoms with Gasteiger partial charge in [0.25, 0.3) is 0 Å². The first-order valence-electron chi connectivity index (χ1n) is 13.6. The minimum Gasteiger partial charge on any atom is -0.478 e. The number of alkyl carbamates (subject to hydrolysis) is 4. The van der Waals surface area contributed by atoms with E-state index in [9.17, 15) is 38.4 Å². The topological polar surface area (TPSA) is 303 Å². The number of aliphatic carboxylic acids is 4. The van der Waals surface area contributed by atoms with Crippen molar-refractivity contribution in [2.75, 3.05) is 26.4 Å². The third kappa shape index (κ3) is 38.2. The van der Waals surface area contributed by atoms with Gasteiger partial charge in [-0.1, -0.05) is 0 Å². The molecule has 0 radical (unpaired) electrons. The summed E-state index contributed by atoms with van der Waals surface area (Å²) in [5.41, 5.74) is 0.178. The third-order valence-corrected chi connectivity index (χ3v) is 4.08. The van der Waals surface area contributed by atoms with Crippen molar-refractivity contribution in [3.63, 3.8) is 0 Å². The number of carbonyl (C=O) groups is 8. The summed E-state index contributed by atoms with van der Waals surface area (Å²) in [5, 5.41) is 42.1. The molecule has 280 valence electrons. The molecule has 0 saturated heterocycles. The van der Waals surface area contributed by atoms with E-state index in [-0.39, 0.29) is 59.7 Å². The van der Waals surface area contributed by atoms with E-state index in [4.69, 9.17) is 20.4 Å². The largest absolute Gasteiger partial charge is 0.478 e. The summed E-state index contributed by atoms with van der Waals surface area (Å²) < 4.78 is 17.9. The summed E-state index contributed by atoms with van der Waals surface area (Å²) >= 11 is 0. The predicted octanol–water partition coefficient (Wildman–Crippen LogP) is 1.43. The number of rotatable bonds is 12. The highest BCUT2D eigenvalue weighted by atomic mass is 28.1. The van der Waals surface area contributed by atoms with E-state index in [1.807, 2.05) is 0 Å². The summed E-state index contributed by atoms with van der Waals surface area (Å²) in [4.78, 5) is 83.2. The maximum atomic E-state index is 10.6. The smallest absolute Gasteiger partial charge is 0.411 e. The van der Waals surface area contributed by atoms with Gasteiger partial charge in [0.2, 0.25) is 0 Å². The highest BCUT2D eigenvalue weighted by Crippen LogP contribution is 1.91. The van der Waals surface area contributed by atoms with E-state index in [1.54, 1.807) is 27.7 Å². The number of carbonyl (C=O) groups excluding carboxylic acids is 4. The van der Waals surface area contributed by atoms with Crippen molar-refractivity contribution in [3.8, 4) is 0 Å². The van der Waals surface area contributed by atoms with Gasteiger partial charge in [0.05, 0.1) is 48.7 Å². The molecule has 0 fully saturated rings. The molecule has 20 nitrogen and oxygen atoms in total. The Balaban J connectivity index is -0.000000174. The zero-order chi connectivity index (χ0) is 38.2. The molecule has 0 aliphatic heterocycles. The predicted molar refractivity (Wildman–Crippen MR) is 178 cm³/mol. The average molecular weight is 725 g/mol. The lowest BCUT2D eigenvalue weighted by molar-refractivity contribution is -0.133. The molecule has 0 aromatic heterocycles. The number of ether oxygens (including phenoxy) is 4. The van der Waals surface area contributed by atoms with Crippen LogP contribution in [0.4, 0.5) is 19.2 Å². The summed E-state index contributed by atoms with van der Waals surface area (Å²) in [6, 6.07) is 0. The Morgan fingerprint density at radius 3 is 0.653 bits per heavy atom. The van der Waals surface area contributed by atoms with E-state index in [0.29, 0.717) is 0 Å². The maximum absolute atomic E-state index is 10.6. The van der Waals surface area contributed by atoms with Crippen molar-refractivity contribution >= 4 is 59.2 Å². The molecule has 0 spiro atoms. The summed E-state index contributed by atoms with van der Waals surface area (Å²) in [5.74, 6) is -4.31. The van der Waals surface area contributed by atoms with Crippen LogP contribution in [0.2, 0.25) is 0 Å². The number of hydrogen-bond donors (Lipinski definition) is 8. The highest BCUT2D eigenvalue weighted by molar-refractivity contribution is 5.88. The lowest BCUT2D eigenvalue weighted by Crippen LogP contribution is -2.19. The van der Waals surface area contributed by atoms with E-state index in [2.05, 4.69) is 40.2 Å². The maximum Gasteiger partial charge on any atom is 0.411 e. The Labute approximate surface area is 287 Å². The van der Waals surface area contributed by atoms with Gasteiger partial charge in [0.1, 0.15) is 0 Å². The van der Waals surface area contributed by atoms with Crippen LogP contribution in [0, 0.1) is 0 Å². The highest BCUT2D eigenvalue weighted by Gasteiger charge is 2.04. The Morgan fingerprint density at radius 1 is 0.408 bits per heavy atom. The van der Waals surface area contributed by atoms with Crippen molar-refractivity contribution in [2.45, 2.75) is 55.4 Å². The average Bonchev–Trinajstić information content (AvgIpc) is 3.01. The van der Waals surface area contributed by atoms with Gasteiger partial charge in [-0.25, -0.2) is 38.4 Å². The monoisotopic (exact) mass is 724 g/mol. The fraction of sp³-hybridized carbons (Fsp3) is 0.429. The van der Waals surface area contributed by atoms with E-state index < -0.39 is 48.3 Å². The van der Waals surface area contributed by atoms with Crippen molar-refractivity contribution in [3.05, 3.63) is 47.1 Å². The first-order chi connectivity index (χ1) is 22.3. The van der Waals surface area contributed by atoms with Crippen LogP contribution in [-0.2, 0) is 38.1 Å². The normalized spacial score (nSPS) is 10.4. The second-order valence-corrected chi connectivity index (χ2v) is 7.99. The van der Waals surface area contributed by atoms with Crippen LogP contribution in [0.25, 0.3) is 0 Å². The Hall–Kier alpha value is -5.86. The zero-order valence-corrected chi connectivity index (χ0v) is 27.8. The number of hydrogen-bond acceptors (Lipinski definition) is 12. The Kier molecular flexibility index (Phi) is 36.0. The van der Waals surface area contributed by atoms with Gasteiger partial charge < -0.3 is 39.4 Å². The van der Waals surface area contributed by atoms with Crippen molar-refractivity contribution in [1.29, 1.82) is 0 Å². The lowest BCUT2D eigenvalue weighted by Gasteiger charge is -1.99. The second-order valence-electron chi connectivity index (χ2n) is 7.99. The summed E-state index contributed by atoms with van der Waals surface area (Å²) in [6.07, 6.45) is 1.72. The molecule has 0 saturated carbocycles. The second kappa shape index (κ2) is 33.5. The molecule has 8 N–H and O–H groups in total. The molecule has 0 unspecified atom stereocenters. The minimum absolute atomic E-state index is 0. The number of amides is 4. The molecule has 0 atom stereocenters. The first kappa shape index (κ1) is 52.7. The van der Waals surface area contributed by atoms with Crippen molar-refractivity contribution < 1.29 is 77.7 Å². The van der Waals surface area contributed by atoms with Gasteiger partial charge in [0.15, 0.2) is 0 Å². The molecule has 0 aliphatic rings. The molecular weight excluding hydrogens is 676 g/mol. The van der Waals surface area contributed by atoms with Crippen LogP contribution in [0.5, 0.6) is 0 Å². The van der Waals surface area contributed by atoms with Crippen LogP contribution in [0.3, 0.4) is 0 Å². The van der Waals surface area contributed by atoms with Crippen LogP contribution in [0.15, 0.2) is 47.1 Å². The quantitative estimate of drug-likeness (QED) is 0.0802. The van der Waals surface area contributed by atoms with Gasteiger partial charge in [0, 0.05) is 24.8 Å². The van der Waals surface area contributed by atoms with Gasteiger partial charge in [-0.3, -0.25) is 21.3 Å². The van der Waals surface area contributed by atoms with E-state index in [1.165, 1.54) is 27.7 Å². The Morgan fingerprint density at radius 2 is 0.551 bits per heavy atom. The standard InChI is InChI=1S/4C7H11NO4.H4Si/c4*1-3-12-7(11)8-4-5(2)6(9)10;/h4*4H,3H2,1-2H3,(H,8,11)(H,9,10);1H4. The molecule has 21 heteroatoms. The lowest BCUT2D eigenvalue weighted by atomic mass is 10.3. The number of nitrogens with one attached hydrogen (secondary N) is 4. The molecule has 0 bridgehead atoms. The van der Waals surface area contributed by atoms with Gasteiger partial charge in [-0.05, 0) is 66.4 Å². The molecule has 0 aliphatic carbocycles. The van der Waals surface area contributed by atoms with Crippen LogP contribution < -0.4 is 21.3 Å². The van der Waals surface area contributed by atoms with Crippen molar-refractivity contribution in [2.24, 2.45) is 0 Å².